The van der Waals surface area contributed by atoms with Gasteiger partial charge in [-0.3, -0.25) is 0 Å². The Morgan fingerprint density at radius 2 is 0.667 bits per heavy atom. The molecule has 0 nitrogen and oxygen atoms in total. The normalized spacial score (nSPS) is 18.2. The first-order chi connectivity index (χ1) is 16.7. The Labute approximate surface area is 196 Å². The zero-order valence-corrected chi connectivity index (χ0v) is 17.4. The summed E-state index contributed by atoms with van der Waals surface area (Å²) in [4.78, 5) is 0. The van der Waals surface area contributed by atoms with E-state index in [4.69, 9.17) is 0 Å². The first-order valence-corrected chi connectivity index (χ1v) is 9.87. The summed E-state index contributed by atoms with van der Waals surface area (Å²) in [6, 6.07) is 0. The van der Waals surface area contributed by atoms with Gasteiger partial charge >= 0.3 is 54.9 Å². The fraction of sp³-hybridized carbons (Fsp3) is 0.571. The average Bonchev–Trinajstić information content (AvgIpc) is 2.72. The minimum atomic E-state index is -10.9. The molecule has 0 N–H and O–H groups in total. The Kier molecular flexibility index (Phi) is 8.06. The van der Waals surface area contributed by atoms with Gasteiger partial charge in [0, 0.05) is 0 Å². The van der Waals surface area contributed by atoms with Crippen molar-refractivity contribution in [2.24, 2.45) is 0 Å². The predicted molar refractivity (Wildman–Crippen MR) is 75.7 cm³/mol. The summed E-state index contributed by atoms with van der Waals surface area (Å²) < 4.78 is 322. The molecule has 2 atom stereocenters. The Balaban J connectivity index is 4.69. The molecule has 0 aliphatic carbocycles. The van der Waals surface area contributed by atoms with Crippen LogP contribution in [0.5, 0.6) is 0 Å². The highest BCUT2D eigenvalue weighted by Gasteiger charge is 3.05. The first kappa shape index (κ1) is 35.0. The van der Waals surface area contributed by atoms with E-state index in [-0.39, 0.29) is 0 Å². The van der Waals surface area contributed by atoms with Crippen LogP contribution in [0.4, 0.5) is 105 Å². The third-order valence-corrected chi connectivity index (χ3v) is 7.72. The van der Waals surface area contributed by atoms with Crippen LogP contribution in [0, 0.1) is 29.1 Å². The van der Waals surface area contributed by atoms with Gasteiger partial charge in [-0.15, -0.1) is 0 Å². The largest absolute Gasteiger partial charge is 0.497 e. The van der Waals surface area contributed by atoms with Crippen molar-refractivity contribution in [3.63, 3.8) is 0 Å². The molecule has 228 valence electrons. The van der Waals surface area contributed by atoms with Crippen LogP contribution in [0.15, 0.2) is 0 Å². The van der Waals surface area contributed by atoms with Gasteiger partial charge in [-0.1, -0.05) is 0 Å². The lowest BCUT2D eigenvalue weighted by Crippen LogP contribution is -2.75. The van der Waals surface area contributed by atoms with E-state index in [0.717, 1.165) is 0 Å². The van der Waals surface area contributed by atoms with Crippen molar-refractivity contribution >= 4 is 12.9 Å². The van der Waals surface area contributed by atoms with Crippen molar-refractivity contribution in [3.8, 4) is 0 Å². The SMILES string of the molecule is Fc1c(F)c(F)c([P+](F)(C(F)(F)C(F)(F)F)C(F)(F)C(F)(C(F)(F)F)C(F)(F)C(F)(F)C(F)(F)F)c(F)c1F. The highest BCUT2D eigenvalue weighted by molar-refractivity contribution is 7.80. The number of alkyl halides is 18. The topological polar surface area (TPSA) is 0 Å². The van der Waals surface area contributed by atoms with Gasteiger partial charge in [0.05, 0.1) is 0 Å². The van der Waals surface area contributed by atoms with Crippen LogP contribution in [-0.2, 0) is 0 Å². The van der Waals surface area contributed by atoms with E-state index >= 15 is 4.20 Å². The van der Waals surface area contributed by atoms with Crippen molar-refractivity contribution in [1.82, 2.24) is 0 Å². The summed E-state index contributed by atoms with van der Waals surface area (Å²) in [6.07, 6.45) is -25.8. The average molecular weight is 655 g/mol. The lowest BCUT2D eigenvalue weighted by molar-refractivity contribution is -0.431. The fourth-order valence-corrected chi connectivity index (χ4v) is 5.33. The van der Waals surface area contributed by atoms with E-state index in [2.05, 4.69) is 0 Å². The van der Waals surface area contributed by atoms with Crippen molar-refractivity contribution < 1.29 is 105 Å². The van der Waals surface area contributed by atoms with Gasteiger partial charge in [-0.05, 0) is 4.20 Å². The summed E-state index contributed by atoms with van der Waals surface area (Å²) >= 11 is 0. The molecule has 0 bridgehead atoms. The zero-order valence-electron chi connectivity index (χ0n) is 16.5. The van der Waals surface area contributed by atoms with Crippen molar-refractivity contribution in [3.05, 3.63) is 29.1 Å². The molecule has 0 amide bonds. The molecule has 0 radical (unpaired) electrons. The van der Waals surface area contributed by atoms with E-state index in [0.29, 0.717) is 0 Å². The highest BCUT2D eigenvalue weighted by Crippen LogP contribution is 2.87. The minimum Gasteiger partial charge on any atom is -0.215 e. The molecule has 1 aromatic rings. The second-order valence-electron chi connectivity index (χ2n) is 6.89. The molecule has 25 heteroatoms. The summed E-state index contributed by atoms with van der Waals surface area (Å²) in [6.45, 7) is 0. The molecule has 0 aliphatic heterocycles. The standard InChI is InChI=1S/C14F24P/c15-1-2(16)4(18)6(5(19)3(1)17)39(38,14(36,37)12(31,32)33)13(34,35)7(20,10(25,26)27)8(21,22)9(23,24)11(28,29)30/q+1. The molecule has 0 spiro atoms. The number of hydrogen-bond donors (Lipinski definition) is 0. The quantitative estimate of drug-likeness (QED) is 0.125. The van der Waals surface area contributed by atoms with Crippen LogP contribution >= 0.6 is 7.57 Å². The van der Waals surface area contributed by atoms with Gasteiger partial charge in [-0.2, -0.15) is 83.4 Å². The Morgan fingerprint density at radius 3 is 0.923 bits per heavy atom. The van der Waals surface area contributed by atoms with E-state index in [1.165, 1.54) is 0 Å². The highest BCUT2D eigenvalue weighted by atomic mass is 31.2. The van der Waals surface area contributed by atoms with Gasteiger partial charge in [-0.25, -0.2) is 17.6 Å². The van der Waals surface area contributed by atoms with Crippen LogP contribution in [0.2, 0.25) is 0 Å². The van der Waals surface area contributed by atoms with Crippen LogP contribution < -0.4 is 5.30 Å². The maximum absolute atomic E-state index is 15.2. The molecule has 2 unspecified atom stereocenters. The maximum atomic E-state index is 15.2. The fourth-order valence-electron chi connectivity index (χ4n) is 2.64. The first-order valence-electron chi connectivity index (χ1n) is 8.19. The molecule has 39 heavy (non-hydrogen) atoms. The third kappa shape index (κ3) is 4.15. The van der Waals surface area contributed by atoms with Gasteiger partial charge in [0.25, 0.3) is 0 Å². The zero-order chi connectivity index (χ0) is 32.0. The van der Waals surface area contributed by atoms with E-state index in [1.54, 1.807) is 0 Å². The van der Waals surface area contributed by atoms with E-state index < -0.39 is 89.3 Å². The minimum absolute atomic E-state index is 3.78. The molecule has 1 aromatic carbocycles. The molecular formula is C14F24P+. The van der Waals surface area contributed by atoms with Gasteiger partial charge in [0.2, 0.25) is 34.4 Å². The lowest BCUT2D eigenvalue weighted by atomic mass is 9.91. The summed E-state index contributed by atoms with van der Waals surface area (Å²) in [5, 5.41) is -5.11. The molecule has 0 heterocycles. The molecular weight excluding hydrogens is 655 g/mol. The molecule has 0 fully saturated rings. The smallest absolute Gasteiger partial charge is 0.215 e. The van der Waals surface area contributed by atoms with Crippen molar-refractivity contribution in [1.29, 1.82) is 0 Å². The molecule has 0 aromatic heterocycles. The molecule has 1 rings (SSSR count). The lowest BCUT2D eigenvalue weighted by Gasteiger charge is -2.44. The van der Waals surface area contributed by atoms with Gasteiger partial charge in [0.1, 0.15) is 0 Å². The maximum Gasteiger partial charge on any atom is 0.497 e. The Bertz CT molecular complexity index is 1080. The summed E-state index contributed by atoms with van der Waals surface area (Å²) in [5.41, 5.74) is -28.1. The Hall–Kier alpha value is -2.03. The molecule has 0 saturated carbocycles. The van der Waals surface area contributed by atoms with E-state index in [9.17, 15) is 101 Å². The van der Waals surface area contributed by atoms with Gasteiger partial charge < -0.3 is 0 Å². The van der Waals surface area contributed by atoms with Crippen LogP contribution in [0.25, 0.3) is 0 Å². The summed E-state index contributed by atoms with van der Waals surface area (Å²) in [5.74, 6) is -39.7. The Morgan fingerprint density at radius 1 is 0.359 bits per heavy atom. The second-order valence-corrected chi connectivity index (χ2v) is 9.64. The van der Waals surface area contributed by atoms with Crippen molar-refractivity contribution in [2.45, 2.75) is 47.4 Å². The van der Waals surface area contributed by atoms with Crippen LogP contribution in [-0.4, -0.2) is 47.4 Å². The van der Waals surface area contributed by atoms with Crippen LogP contribution in [0.3, 0.4) is 0 Å². The molecule has 0 aliphatic rings. The number of hydrogen-bond acceptors (Lipinski definition) is 0. The van der Waals surface area contributed by atoms with Gasteiger partial charge in [0.15, 0.2) is 0 Å². The monoisotopic (exact) mass is 655 g/mol. The summed E-state index contributed by atoms with van der Waals surface area (Å²) in [7, 11) is -10.9. The predicted octanol–water partition coefficient (Wildman–Crippen LogP) is 8.76. The number of halogens is 24. The van der Waals surface area contributed by atoms with Crippen molar-refractivity contribution in [2.75, 3.05) is 0 Å². The second kappa shape index (κ2) is 8.98. The van der Waals surface area contributed by atoms with Crippen LogP contribution in [0.1, 0.15) is 0 Å². The number of benzene rings is 1. The third-order valence-electron chi connectivity index (χ3n) is 4.60. The molecule has 0 saturated heterocycles. The van der Waals surface area contributed by atoms with E-state index in [1.807, 2.05) is 0 Å². The number of rotatable bonds is 6.